The van der Waals surface area contributed by atoms with E-state index in [9.17, 15) is 0 Å². The van der Waals surface area contributed by atoms with Crippen LogP contribution in [-0.4, -0.2) is 0 Å². The summed E-state index contributed by atoms with van der Waals surface area (Å²) in [5.74, 6) is 0. The second-order valence-electron chi connectivity index (χ2n) is 14.6. The number of allylic oxidation sites excluding steroid dienone is 2. The maximum atomic E-state index is 7.84. The first-order valence-electron chi connectivity index (χ1n) is 15.4. The standard InChI is InChI=1S/2C20H21.2ClH.Hf/c2*1-14-12-16-6-5-7-18(19(16)13-14)15-8-10-17(11-9-15)20(2,3)4;;;/h2*5-13H,1-4H3;2*1H;/q;;;;+2/p-2. The molecule has 0 saturated heterocycles. The molecule has 43 heavy (non-hydrogen) atoms. The molecule has 0 aromatic heterocycles. The summed E-state index contributed by atoms with van der Waals surface area (Å²) in [4.78, 5) is 0. The van der Waals surface area contributed by atoms with Gasteiger partial charge >= 0.3 is 272 Å². The fraction of sp³-hybridized carbons (Fsp3) is 0.300. The molecule has 2 aliphatic carbocycles. The Morgan fingerprint density at radius 1 is 0.512 bits per heavy atom. The Morgan fingerprint density at radius 2 is 0.860 bits per heavy atom. The van der Waals surface area contributed by atoms with E-state index in [1.165, 1.54) is 66.8 Å². The van der Waals surface area contributed by atoms with Crippen molar-refractivity contribution in [2.75, 3.05) is 0 Å². The Labute approximate surface area is 270 Å². The Kier molecular flexibility index (Phi) is 7.89. The average Bonchev–Trinajstić information content (AvgIpc) is 3.48. The van der Waals surface area contributed by atoms with Crippen molar-refractivity contribution in [1.82, 2.24) is 0 Å². The molecule has 0 aliphatic heterocycles. The minimum absolute atomic E-state index is 0.105. The van der Waals surface area contributed by atoms with E-state index in [1.807, 2.05) is 0 Å². The fourth-order valence-electron chi connectivity index (χ4n) is 7.10. The molecular weight excluding hydrogens is 730 g/mol. The van der Waals surface area contributed by atoms with Gasteiger partial charge in [0.05, 0.1) is 0 Å². The van der Waals surface area contributed by atoms with Gasteiger partial charge in [-0.05, 0) is 0 Å². The molecule has 0 bridgehead atoms. The van der Waals surface area contributed by atoms with Crippen molar-refractivity contribution < 1.29 is 17.6 Å². The van der Waals surface area contributed by atoms with Crippen molar-refractivity contribution in [2.45, 2.75) is 73.6 Å². The van der Waals surface area contributed by atoms with E-state index < -0.39 is 17.6 Å². The van der Waals surface area contributed by atoms with E-state index >= 15 is 0 Å². The summed E-state index contributed by atoms with van der Waals surface area (Å²) < 4.78 is 0.210. The van der Waals surface area contributed by atoms with Gasteiger partial charge in [-0.15, -0.1) is 0 Å². The van der Waals surface area contributed by atoms with Crippen molar-refractivity contribution in [1.29, 1.82) is 0 Å². The maximum absolute atomic E-state index is 7.84. The van der Waals surface area contributed by atoms with Crippen molar-refractivity contribution in [3.63, 3.8) is 0 Å². The van der Waals surface area contributed by atoms with Gasteiger partial charge in [0.25, 0.3) is 0 Å². The quantitative estimate of drug-likeness (QED) is 0.181. The Bertz CT molecular complexity index is 1630. The molecule has 0 spiro atoms. The molecule has 0 heterocycles. The summed E-state index contributed by atoms with van der Waals surface area (Å²) in [6.07, 6.45) is 4.71. The molecule has 0 amide bonds. The number of fused-ring (bicyclic) bond motifs is 2. The predicted molar refractivity (Wildman–Crippen MR) is 186 cm³/mol. The molecule has 0 N–H and O–H groups in total. The number of halogens is 2. The van der Waals surface area contributed by atoms with Crippen LogP contribution in [0.2, 0.25) is 0 Å². The molecular formula is C40H42Cl2Hf. The predicted octanol–water partition coefficient (Wildman–Crippen LogP) is 12.7. The zero-order chi connectivity index (χ0) is 30.9. The third-order valence-corrected chi connectivity index (χ3v) is 27.6. The third kappa shape index (κ3) is 5.49. The molecule has 2 unspecified atom stereocenters. The molecule has 6 rings (SSSR count). The molecule has 0 nitrogen and oxygen atoms in total. The van der Waals surface area contributed by atoms with E-state index in [0.29, 0.717) is 0 Å². The molecule has 0 radical (unpaired) electrons. The van der Waals surface area contributed by atoms with Gasteiger partial charge in [-0.1, -0.05) is 0 Å². The number of hydrogen-bond donors (Lipinski definition) is 0. The summed E-state index contributed by atoms with van der Waals surface area (Å²) >= 11 is -4.12. The van der Waals surface area contributed by atoms with Gasteiger partial charge in [0.2, 0.25) is 0 Å². The minimum atomic E-state index is -4.12. The summed E-state index contributed by atoms with van der Waals surface area (Å²) in [5.41, 5.74) is 15.7. The first-order valence-corrected chi connectivity index (χ1v) is 28.4. The third-order valence-electron chi connectivity index (χ3n) is 9.45. The summed E-state index contributed by atoms with van der Waals surface area (Å²) in [7, 11) is 15.7. The summed E-state index contributed by atoms with van der Waals surface area (Å²) in [6, 6.07) is 31.5. The Morgan fingerprint density at radius 3 is 1.19 bits per heavy atom. The normalized spacial score (nSPS) is 18.3. The van der Waals surface area contributed by atoms with E-state index in [-0.39, 0.29) is 18.2 Å². The average molecular weight is 772 g/mol. The van der Waals surface area contributed by atoms with Crippen LogP contribution >= 0.6 is 17.2 Å². The Balaban J connectivity index is 1.38. The van der Waals surface area contributed by atoms with Gasteiger partial charge in [0.1, 0.15) is 0 Å². The Hall–Kier alpha value is -2.19. The van der Waals surface area contributed by atoms with Crippen LogP contribution in [0, 0.1) is 0 Å². The number of hydrogen-bond acceptors (Lipinski definition) is 0. The molecule has 4 aromatic rings. The van der Waals surface area contributed by atoms with E-state index in [1.54, 1.807) is 0 Å². The number of benzene rings is 4. The van der Waals surface area contributed by atoms with Crippen molar-refractivity contribution >= 4 is 29.3 Å². The van der Waals surface area contributed by atoms with E-state index in [4.69, 9.17) is 17.2 Å². The van der Waals surface area contributed by atoms with Crippen molar-refractivity contribution in [2.24, 2.45) is 0 Å². The van der Waals surface area contributed by atoms with Gasteiger partial charge in [-0.25, -0.2) is 0 Å². The van der Waals surface area contributed by atoms with E-state index in [0.717, 1.165) is 0 Å². The summed E-state index contributed by atoms with van der Waals surface area (Å²) in [6.45, 7) is 18.0. The molecule has 2 aliphatic rings. The molecule has 0 fully saturated rings. The van der Waals surface area contributed by atoms with Crippen molar-refractivity contribution in [3.05, 3.63) is 129 Å². The van der Waals surface area contributed by atoms with Crippen LogP contribution in [-0.2, 0) is 28.4 Å². The van der Waals surface area contributed by atoms with Gasteiger partial charge in [-0.3, -0.25) is 0 Å². The monoisotopic (exact) mass is 772 g/mol. The van der Waals surface area contributed by atoms with Crippen LogP contribution in [0.5, 0.6) is 0 Å². The van der Waals surface area contributed by atoms with Gasteiger partial charge in [0.15, 0.2) is 0 Å². The molecule has 220 valence electrons. The zero-order valence-electron chi connectivity index (χ0n) is 26.6. The molecule has 3 heteroatoms. The van der Waals surface area contributed by atoms with Crippen LogP contribution in [0.15, 0.2) is 96.1 Å². The SMILES string of the molecule is CC1=Cc2c(-c3ccc(C(C)(C)C)cc3)cccc2[CH]1[Hf]([Cl])([Cl])[CH]1C(C)=Cc2c(-c3ccc(C(C)(C)C)cc3)cccc21. The summed E-state index contributed by atoms with van der Waals surface area (Å²) in [5, 5.41) is 0. The van der Waals surface area contributed by atoms with Crippen LogP contribution < -0.4 is 0 Å². The van der Waals surface area contributed by atoms with Crippen molar-refractivity contribution in [3.8, 4) is 22.3 Å². The fourth-order valence-corrected chi connectivity index (χ4v) is 27.5. The zero-order valence-corrected chi connectivity index (χ0v) is 31.8. The first-order chi connectivity index (χ1) is 20.2. The van der Waals surface area contributed by atoms with Crippen LogP contribution in [0.4, 0.5) is 0 Å². The van der Waals surface area contributed by atoms with Crippen LogP contribution in [0.3, 0.4) is 0 Å². The van der Waals surface area contributed by atoms with Gasteiger partial charge in [-0.2, -0.15) is 0 Å². The van der Waals surface area contributed by atoms with Gasteiger partial charge < -0.3 is 0 Å². The first kappa shape index (κ1) is 30.8. The van der Waals surface area contributed by atoms with Gasteiger partial charge in [0, 0.05) is 0 Å². The second kappa shape index (κ2) is 11.0. The topological polar surface area (TPSA) is 0 Å². The second-order valence-corrected chi connectivity index (χ2v) is 35.4. The molecule has 4 aromatic carbocycles. The molecule has 0 saturated carbocycles. The van der Waals surface area contributed by atoms with Crippen LogP contribution in [0.1, 0.15) is 96.1 Å². The molecule has 2 atom stereocenters. The number of rotatable bonds is 4. The van der Waals surface area contributed by atoms with Crippen LogP contribution in [0.25, 0.3) is 34.4 Å². The van der Waals surface area contributed by atoms with E-state index in [2.05, 4.69) is 152 Å².